The third-order valence-corrected chi connectivity index (χ3v) is 3.46. The van der Waals surface area contributed by atoms with Gasteiger partial charge in [-0.05, 0) is 37.1 Å². The fraction of sp³-hybridized carbons (Fsp3) is 0.600. The first-order chi connectivity index (χ1) is 8.29. The third-order valence-electron chi connectivity index (χ3n) is 3.46. The molecule has 1 fully saturated rings. The first-order valence-electron chi connectivity index (χ1n) is 6.76. The lowest BCUT2D eigenvalue weighted by Gasteiger charge is -2.30. The van der Waals surface area contributed by atoms with Crippen molar-refractivity contribution in [3.63, 3.8) is 0 Å². The molecule has 0 amide bonds. The van der Waals surface area contributed by atoms with Crippen LogP contribution in [0.1, 0.15) is 32.3 Å². The second kappa shape index (κ2) is 6.06. The molecule has 94 valence electrons. The smallest absolute Gasteiger partial charge is 0.119 e. The molecule has 2 heteroatoms. The molecule has 0 saturated carbocycles. The van der Waals surface area contributed by atoms with Gasteiger partial charge in [0.25, 0.3) is 0 Å². The Morgan fingerprint density at radius 1 is 1.29 bits per heavy atom. The van der Waals surface area contributed by atoms with Gasteiger partial charge in [-0.2, -0.15) is 0 Å². The molecule has 1 aliphatic rings. The van der Waals surface area contributed by atoms with E-state index in [0.29, 0.717) is 12.0 Å². The Balaban J connectivity index is 1.93. The standard InChI is InChI=1S/C15H23NO/c1-3-4-13-5-7-14(8-6-13)17-15-9-10-16-11-12(15)2/h5-8,12,15-16H,3-4,9-11H2,1-2H3. The van der Waals surface area contributed by atoms with Crippen LogP contribution >= 0.6 is 0 Å². The predicted octanol–water partition coefficient (Wildman–Crippen LogP) is 3.02. The van der Waals surface area contributed by atoms with Gasteiger partial charge >= 0.3 is 0 Å². The van der Waals surface area contributed by atoms with Gasteiger partial charge in [0.1, 0.15) is 11.9 Å². The summed E-state index contributed by atoms with van der Waals surface area (Å²) in [5.41, 5.74) is 1.40. The van der Waals surface area contributed by atoms with Crippen LogP contribution in [0.25, 0.3) is 0 Å². The molecule has 2 rings (SSSR count). The van der Waals surface area contributed by atoms with Crippen molar-refractivity contribution in [3.05, 3.63) is 29.8 Å². The maximum Gasteiger partial charge on any atom is 0.119 e. The van der Waals surface area contributed by atoms with E-state index in [2.05, 4.69) is 43.4 Å². The number of hydrogen-bond donors (Lipinski definition) is 1. The van der Waals surface area contributed by atoms with Gasteiger partial charge in [0.05, 0.1) is 0 Å². The highest BCUT2D eigenvalue weighted by atomic mass is 16.5. The van der Waals surface area contributed by atoms with Gasteiger partial charge in [-0.25, -0.2) is 0 Å². The molecule has 2 nitrogen and oxygen atoms in total. The summed E-state index contributed by atoms with van der Waals surface area (Å²) in [5.74, 6) is 1.61. The maximum atomic E-state index is 6.06. The fourth-order valence-corrected chi connectivity index (χ4v) is 2.36. The number of benzene rings is 1. The zero-order valence-corrected chi connectivity index (χ0v) is 10.9. The Morgan fingerprint density at radius 2 is 2.06 bits per heavy atom. The molecule has 0 radical (unpaired) electrons. The summed E-state index contributed by atoms with van der Waals surface area (Å²) in [6.45, 7) is 6.60. The van der Waals surface area contributed by atoms with Crippen molar-refractivity contribution in [2.24, 2.45) is 5.92 Å². The molecule has 0 aromatic heterocycles. The van der Waals surface area contributed by atoms with E-state index in [1.54, 1.807) is 0 Å². The minimum absolute atomic E-state index is 0.369. The third kappa shape index (κ3) is 3.47. The maximum absolute atomic E-state index is 6.06. The Labute approximate surface area is 104 Å². The second-order valence-corrected chi connectivity index (χ2v) is 5.02. The molecule has 1 heterocycles. The van der Waals surface area contributed by atoms with E-state index in [1.807, 2.05) is 0 Å². The van der Waals surface area contributed by atoms with Gasteiger partial charge in [-0.15, -0.1) is 0 Å². The number of nitrogens with one attached hydrogen (secondary N) is 1. The van der Waals surface area contributed by atoms with Crippen molar-refractivity contribution in [1.82, 2.24) is 5.32 Å². The molecule has 1 N–H and O–H groups in total. The molecule has 1 saturated heterocycles. The monoisotopic (exact) mass is 233 g/mol. The van der Waals surface area contributed by atoms with Crippen LogP contribution in [-0.4, -0.2) is 19.2 Å². The minimum Gasteiger partial charge on any atom is -0.490 e. The van der Waals surface area contributed by atoms with Crippen molar-refractivity contribution < 1.29 is 4.74 Å². The Kier molecular flexibility index (Phi) is 4.43. The molecule has 0 bridgehead atoms. The highest BCUT2D eigenvalue weighted by molar-refractivity contribution is 5.27. The summed E-state index contributed by atoms with van der Waals surface area (Å²) >= 11 is 0. The van der Waals surface area contributed by atoms with Crippen molar-refractivity contribution in [3.8, 4) is 5.75 Å². The van der Waals surface area contributed by atoms with E-state index in [0.717, 1.165) is 31.7 Å². The number of ether oxygens (including phenoxy) is 1. The van der Waals surface area contributed by atoms with Crippen LogP contribution in [0.4, 0.5) is 0 Å². The normalized spacial score (nSPS) is 24.6. The van der Waals surface area contributed by atoms with Crippen LogP contribution in [0.5, 0.6) is 5.75 Å². The zero-order chi connectivity index (χ0) is 12.1. The van der Waals surface area contributed by atoms with Crippen LogP contribution in [-0.2, 0) is 6.42 Å². The van der Waals surface area contributed by atoms with E-state index >= 15 is 0 Å². The first-order valence-corrected chi connectivity index (χ1v) is 6.76. The molecule has 0 spiro atoms. The molecule has 2 unspecified atom stereocenters. The largest absolute Gasteiger partial charge is 0.490 e. The van der Waals surface area contributed by atoms with Crippen molar-refractivity contribution in [1.29, 1.82) is 0 Å². The van der Waals surface area contributed by atoms with Gasteiger partial charge < -0.3 is 10.1 Å². The van der Waals surface area contributed by atoms with E-state index in [1.165, 1.54) is 12.0 Å². The molecular formula is C15H23NO. The number of piperidine rings is 1. The lowest BCUT2D eigenvalue weighted by Crippen LogP contribution is -2.41. The summed E-state index contributed by atoms with van der Waals surface area (Å²) in [4.78, 5) is 0. The highest BCUT2D eigenvalue weighted by Crippen LogP contribution is 2.20. The van der Waals surface area contributed by atoms with Gasteiger partial charge in [0.15, 0.2) is 0 Å². The molecule has 2 atom stereocenters. The quantitative estimate of drug-likeness (QED) is 0.863. The molecule has 1 aromatic rings. The number of aryl methyl sites for hydroxylation is 1. The van der Waals surface area contributed by atoms with Crippen LogP contribution in [0.3, 0.4) is 0 Å². The Bertz CT molecular complexity index is 333. The molecular weight excluding hydrogens is 210 g/mol. The highest BCUT2D eigenvalue weighted by Gasteiger charge is 2.22. The molecule has 1 aliphatic heterocycles. The SMILES string of the molecule is CCCc1ccc(OC2CCNCC2C)cc1. The van der Waals surface area contributed by atoms with Gasteiger partial charge in [-0.3, -0.25) is 0 Å². The van der Waals surface area contributed by atoms with Crippen molar-refractivity contribution >= 4 is 0 Å². The fourth-order valence-electron chi connectivity index (χ4n) is 2.36. The summed E-state index contributed by atoms with van der Waals surface area (Å²) < 4.78 is 6.06. The average Bonchev–Trinajstić information content (AvgIpc) is 2.35. The zero-order valence-electron chi connectivity index (χ0n) is 10.9. The van der Waals surface area contributed by atoms with E-state index < -0.39 is 0 Å². The van der Waals surface area contributed by atoms with E-state index in [-0.39, 0.29) is 0 Å². The van der Waals surface area contributed by atoms with Crippen LogP contribution in [0.15, 0.2) is 24.3 Å². The van der Waals surface area contributed by atoms with E-state index in [4.69, 9.17) is 4.74 Å². The second-order valence-electron chi connectivity index (χ2n) is 5.02. The van der Waals surface area contributed by atoms with Crippen molar-refractivity contribution in [2.75, 3.05) is 13.1 Å². The van der Waals surface area contributed by atoms with Crippen molar-refractivity contribution in [2.45, 2.75) is 39.2 Å². The van der Waals surface area contributed by atoms with Gasteiger partial charge in [0, 0.05) is 12.5 Å². The van der Waals surface area contributed by atoms with Gasteiger partial charge in [-0.1, -0.05) is 32.4 Å². The minimum atomic E-state index is 0.369. The summed E-state index contributed by atoms with van der Waals surface area (Å²) in [7, 11) is 0. The van der Waals surface area contributed by atoms with Crippen LogP contribution in [0.2, 0.25) is 0 Å². The van der Waals surface area contributed by atoms with Crippen LogP contribution < -0.4 is 10.1 Å². The topological polar surface area (TPSA) is 21.3 Å². The lowest BCUT2D eigenvalue weighted by molar-refractivity contribution is 0.112. The molecule has 0 aliphatic carbocycles. The lowest BCUT2D eigenvalue weighted by atomic mass is 9.98. The number of hydrogen-bond acceptors (Lipinski definition) is 2. The number of rotatable bonds is 4. The summed E-state index contributed by atoms with van der Waals surface area (Å²) in [6.07, 6.45) is 3.83. The summed E-state index contributed by atoms with van der Waals surface area (Å²) in [5, 5.41) is 3.40. The molecule has 1 aromatic carbocycles. The van der Waals surface area contributed by atoms with Crippen LogP contribution in [0, 0.1) is 5.92 Å². The summed E-state index contributed by atoms with van der Waals surface area (Å²) in [6, 6.07) is 8.59. The predicted molar refractivity (Wildman–Crippen MR) is 71.5 cm³/mol. The molecule has 17 heavy (non-hydrogen) atoms. The average molecular weight is 233 g/mol. The first kappa shape index (κ1) is 12.4. The Hall–Kier alpha value is -1.02. The van der Waals surface area contributed by atoms with E-state index in [9.17, 15) is 0 Å². The Morgan fingerprint density at radius 3 is 2.71 bits per heavy atom. The van der Waals surface area contributed by atoms with Gasteiger partial charge in [0.2, 0.25) is 0 Å².